The number of hydrogen-bond acceptors (Lipinski definition) is 3. The van der Waals surface area contributed by atoms with Crippen molar-refractivity contribution in [2.75, 3.05) is 13.1 Å². The third kappa shape index (κ3) is 3.04. The summed E-state index contributed by atoms with van der Waals surface area (Å²) in [5.74, 6) is 0.236. The van der Waals surface area contributed by atoms with Gasteiger partial charge < -0.3 is 10.2 Å². The van der Waals surface area contributed by atoms with Gasteiger partial charge in [-0.05, 0) is 25.7 Å². The Morgan fingerprint density at radius 3 is 2.36 bits per heavy atom. The molecule has 2 heterocycles. The Kier molecular flexibility index (Phi) is 4.46. The lowest BCUT2D eigenvalue weighted by atomic mass is 9.81. The number of carbonyl (C=O) groups is 3. The van der Waals surface area contributed by atoms with Crippen LogP contribution in [0.3, 0.4) is 0 Å². The highest BCUT2D eigenvalue weighted by Gasteiger charge is 2.52. The lowest BCUT2D eigenvalue weighted by Gasteiger charge is -2.32. The summed E-state index contributed by atoms with van der Waals surface area (Å²) in [5.41, 5.74) is -0.652. The average Bonchev–Trinajstić information content (AvgIpc) is 3.10. The van der Waals surface area contributed by atoms with Crippen LogP contribution in [-0.4, -0.2) is 52.3 Å². The second-order valence-electron chi connectivity index (χ2n) is 8.40. The van der Waals surface area contributed by atoms with E-state index in [9.17, 15) is 14.4 Å². The molecular weight excluding hydrogens is 318 g/mol. The van der Waals surface area contributed by atoms with Crippen molar-refractivity contribution in [1.29, 1.82) is 0 Å². The van der Waals surface area contributed by atoms with Crippen molar-refractivity contribution in [2.45, 2.75) is 82.2 Å². The van der Waals surface area contributed by atoms with E-state index in [2.05, 4.69) is 5.32 Å². The standard InChI is InChI=1S/C19H29N3O3/c23-16-11-14(12-21(16)15-7-3-1-4-8-15)13-22-17(24)19(20-18(22)25)9-5-2-6-10-19/h14-15H,1-13H2,(H,20,25). The molecule has 4 amide bonds. The van der Waals surface area contributed by atoms with Crippen LogP contribution < -0.4 is 5.32 Å². The molecule has 1 N–H and O–H groups in total. The highest BCUT2D eigenvalue weighted by Crippen LogP contribution is 2.35. The van der Waals surface area contributed by atoms with E-state index < -0.39 is 5.54 Å². The van der Waals surface area contributed by atoms with E-state index in [1.807, 2.05) is 4.90 Å². The summed E-state index contributed by atoms with van der Waals surface area (Å²) in [7, 11) is 0. The van der Waals surface area contributed by atoms with E-state index in [1.54, 1.807) is 0 Å². The van der Waals surface area contributed by atoms with Gasteiger partial charge in [-0.25, -0.2) is 4.79 Å². The molecule has 0 radical (unpaired) electrons. The maximum absolute atomic E-state index is 12.9. The Balaban J connectivity index is 1.39. The number of imide groups is 1. The van der Waals surface area contributed by atoms with Crippen molar-refractivity contribution in [2.24, 2.45) is 5.92 Å². The summed E-state index contributed by atoms with van der Waals surface area (Å²) in [6.07, 6.45) is 11.0. The quantitative estimate of drug-likeness (QED) is 0.797. The summed E-state index contributed by atoms with van der Waals surface area (Å²) < 4.78 is 0. The predicted molar refractivity (Wildman–Crippen MR) is 92.8 cm³/mol. The van der Waals surface area contributed by atoms with E-state index in [1.165, 1.54) is 24.2 Å². The van der Waals surface area contributed by atoms with Crippen LogP contribution in [0.2, 0.25) is 0 Å². The second kappa shape index (κ2) is 6.61. The van der Waals surface area contributed by atoms with E-state index in [4.69, 9.17) is 0 Å². The van der Waals surface area contributed by atoms with Crippen LogP contribution in [0.15, 0.2) is 0 Å². The van der Waals surface area contributed by atoms with Gasteiger partial charge in [-0.3, -0.25) is 14.5 Å². The maximum Gasteiger partial charge on any atom is 0.325 e. The van der Waals surface area contributed by atoms with Crippen LogP contribution in [0.25, 0.3) is 0 Å². The molecule has 4 aliphatic rings. The Morgan fingerprint density at radius 1 is 0.960 bits per heavy atom. The molecule has 25 heavy (non-hydrogen) atoms. The molecular formula is C19H29N3O3. The molecule has 1 spiro atoms. The molecule has 138 valence electrons. The Morgan fingerprint density at radius 2 is 1.64 bits per heavy atom. The van der Waals surface area contributed by atoms with E-state index in [-0.39, 0.29) is 23.8 Å². The highest BCUT2D eigenvalue weighted by atomic mass is 16.2. The van der Waals surface area contributed by atoms with E-state index >= 15 is 0 Å². The second-order valence-corrected chi connectivity index (χ2v) is 8.40. The first-order valence-corrected chi connectivity index (χ1v) is 10.0. The van der Waals surface area contributed by atoms with Crippen molar-refractivity contribution < 1.29 is 14.4 Å². The highest BCUT2D eigenvalue weighted by molar-refractivity contribution is 6.07. The van der Waals surface area contributed by atoms with Gasteiger partial charge in [-0.15, -0.1) is 0 Å². The molecule has 0 aromatic heterocycles. The fourth-order valence-corrected chi connectivity index (χ4v) is 5.27. The number of hydrogen-bond donors (Lipinski definition) is 1. The lowest BCUT2D eigenvalue weighted by Crippen LogP contribution is -2.48. The zero-order valence-corrected chi connectivity index (χ0v) is 15.0. The van der Waals surface area contributed by atoms with Gasteiger partial charge in [0, 0.05) is 31.5 Å². The minimum atomic E-state index is -0.652. The number of urea groups is 1. The number of carbonyl (C=O) groups excluding carboxylic acids is 3. The predicted octanol–water partition coefficient (Wildman–Crippen LogP) is 2.42. The largest absolute Gasteiger partial charge is 0.339 e. The molecule has 2 saturated heterocycles. The van der Waals surface area contributed by atoms with E-state index in [0.717, 1.165) is 44.9 Å². The van der Waals surface area contributed by atoms with Crippen molar-refractivity contribution >= 4 is 17.8 Å². The Labute approximate surface area is 149 Å². The smallest absolute Gasteiger partial charge is 0.325 e. The van der Waals surface area contributed by atoms with Crippen molar-refractivity contribution in [3.05, 3.63) is 0 Å². The number of amides is 4. The van der Waals surface area contributed by atoms with Crippen LogP contribution in [0.1, 0.15) is 70.6 Å². The summed E-state index contributed by atoms with van der Waals surface area (Å²) in [5, 5.41) is 2.97. The average molecular weight is 347 g/mol. The van der Waals surface area contributed by atoms with Crippen LogP contribution in [-0.2, 0) is 9.59 Å². The van der Waals surface area contributed by atoms with Crippen molar-refractivity contribution in [3.8, 4) is 0 Å². The van der Waals surface area contributed by atoms with Crippen LogP contribution >= 0.6 is 0 Å². The maximum atomic E-state index is 12.9. The van der Waals surface area contributed by atoms with Gasteiger partial charge in [0.05, 0.1) is 0 Å². The molecule has 2 saturated carbocycles. The van der Waals surface area contributed by atoms with Crippen molar-refractivity contribution in [1.82, 2.24) is 15.1 Å². The zero-order valence-electron chi connectivity index (χ0n) is 15.0. The number of likely N-dealkylation sites (tertiary alicyclic amines) is 1. The van der Waals surface area contributed by atoms with Crippen LogP contribution in [0.5, 0.6) is 0 Å². The summed E-state index contributed by atoms with van der Waals surface area (Å²) in [6, 6.07) is 0.120. The summed E-state index contributed by atoms with van der Waals surface area (Å²) in [6.45, 7) is 1.09. The summed E-state index contributed by atoms with van der Waals surface area (Å²) in [4.78, 5) is 41.2. The molecule has 4 rings (SSSR count). The third-order valence-corrected chi connectivity index (χ3v) is 6.65. The molecule has 1 atom stereocenters. The molecule has 2 aliphatic heterocycles. The minimum absolute atomic E-state index is 0.0548. The minimum Gasteiger partial charge on any atom is -0.339 e. The first-order chi connectivity index (χ1) is 12.1. The first kappa shape index (κ1) is 16.9. The van der Waals surface area contributed by atoms with Crippen molar-refractivity contribution in [3.63, 3.8) is 0 Å². The molecule has 4 fully saturated rings. The van der Waals surface area contributed by atoms with Crippen LogP contribution in [0.4, 0.5) is 4.79 Å². The fraction of sp³-hybridized carbons (Fsp3) is 0.842. The van der Waals surface area contributed by atoms with Gasteiger partial charge in [-0.2, -0.15) is 0 Å². The molecule has 1 unspecified atom stereocenters. The van der Waals surface area contributed by atoms with Crippen LogP contribution in [0, 0.1) is 5.92 Å². The molecule has 6 nitrogen and oxygen atoms in total. The number of rotatable bonds is 3. The van der Waals surface area contributed by atoms with E-state index in [0.29, 0.717) is 25.6 Å². The molecule has 0 bridgehead atoms. The molecule has 6 heteroatoms. The third-order valence-electron chi connectivity index (χ3n) is 6.65. The molecule has 0 aromatic carbocycles. The SMILES string of the molecule is O=C1NC2(CCCCC2)C(=O)N1CC1CC(=O)N(C2CCCCC2)C1. The molecule has 2 aliphatic carbocycles. The monoisotopic (exact) mass is 347 g/mol. The van der Waals surface area contributed by atoms with Gasteiger partial charge >= 0.3 is 6.03 Å². The zero-order chi connectivity index (χ0) is 17.4. The van der Waals surface area contributed by atoms with Gasteiger partial charge in [-0.1, -0.05) is 38.5 Å². The van der Waals surface area contributed by atoms with Gasteiger partial charge in [0.15, 0.2) is 0 Å². The van der Waals surface area contributed by atoms with Gasteiger partial charge in [0.25, 0.3) is 5.91 Å². The lowest BCUT2D eigenvalue weighted by molar-refractivity contribution is -0.133. The normalized spacial score (nSPS) is 30.4. The molecule has 0 aromatic rings. The number of nitrogens with one attached hydrogen (secondary N) is 1. The summed E-state index contributed by atoms with van der Waals surface area (Å²) >= 11 is 0. The van der Waals surface area contributed by atoms with Gasteiger partial charge in [0.2, 0.25) is 5.91 Å². The van der Waals surface area contributed by atoms with Gasteiger partial charge in [0.1, 0.15) is 5.54 Å². The first-order valence-electron chi connectivity index (χ1n) is 10.0. The Hall–Kier alpha value is -1.59. The number of nitrogens with zero attached hydrogens (tertiary/aromatic N) is 2. The topological polar surface area (TPSA) is 69.7 Å². The fourth-order valence-electron chi connectivity index (χ4n) is 5.27. The Bertz CT molecular complexity index is 564.